The summed E-state index contributed by atoms with van der Waals surface area (Å²) in [6.45, 7) is 4.05. The van der Waals surface area contributed by atoms with Gasteiger partial charge in [0.05, 0.1) is 0 Å². The molecule has 4 heteroatoms. The number of ether oxygens (including phenoxy) is 1. The summed E-state index contributed by atoms with van der Waals surface area (Å²) in [5.74, 6) is 1.39. The van der Waals surface area contributed by atoms with Crippen LogP contribution in [0.1, 0.15) is 18.1 Å². The average Bonchev–Trinajstić information content (AvgIpc) is 2.31. The summed E-state index contributed by atoms with van der Waals surface area (Å²) in [4.78, 5) is 0. The van der Waals surface area contributed by atoms with Crippen LogP contribution in [0.15, 0.2) is 36.4 Å². The molecule has 2 N–H and O–H groups in total. The first-order valence-electron chi connectivity index (χ1n) is 6.43. The smallest absolute Gasteiger partial charge is 0.130 e. The molecule has 0 aliphatic rings. The fourth-order valence-electron chi connectivity index (χ4n) is 2.03. The van der Waals surface area contributed by atoms with Crippen molar-refractivity contribution in [1.82, 2.24) is 0 Å². The molecule has 0 saturated carbocycles. The van der Waals surface area contributed by atoms with Crippen molar-refractivity contribution < 1.29 is 4.74 Å². The van der Waals surface area contributed by atoms with Crippen LogP contribution in [0.5, 0.6) is 11.5 Å². The van der Waals surface area contributed by atoms with Crippen molar-refractivity contribution in [3.63, 3.8) is 0 Å². The number of benzene rings is 2. The van der Waals surface area contributed by atoms with Crippen molar-refractivity contribution >= 4 is 23.2 Å². The van der Waals surface area contributed by atoms with Crippen LogP contribution in [0, 0.1) is 6.92 Å². The molecule has 0 aliphatic heterocycles. The topological polar surface area (TPSA) is 35.2 Å². The van der Waals surface area contributed by atoms with Crippen molar-refractivity contribution in [2.24, 2.45) is 5.73 Å². The van der Waals surface area contributed by atoms with Gasteiger partial charge in [-0.05, 0) is 61.7 Å². The second-order valence-corrected chi connectivity index (χ2v) is 5.85. The van der Waals surface area contributed by atoms with E-state index in [1.807, 2.05) is 25.1 Å². The first-order chi connectivity index (χ1) is 9.44. The Balaban J connectivity index is 2.19. The minimum atomic E-state index is 0.146. The minimum Gasteiger partial charge on any atom is -0.457 e. The van der Waals surface area contributed by atoms with Gasteiger partial charge in [-0.1, -0.05) is 29.3 Å². The van der Waals surface area contributed by atoms with Gasteiger partial charge in [0.1, 0.15) is 11.5 Å². The fourth-order valence-corrected chi connectivity index (χ4v) is 2.54. The number of nitrogens with two attached hydrogens (primary N) is 1. The van der Waals surface area contributed by atoms with Crippen molar-refractivity contribution in [1.29, 1.82) is 0 Å². The van der Waals surface area contributed by atoms with Crippen LogP contribution < -0.4 is 10.5 Å². The zero-order valence-electron chi connectivity index (χ0n) is 11.5. The highest BCUT2D eigenvalue weighted by Gasteiger charge is 2.05. The number of halogens is 2. The van der Waals surface area contributed by atoms with Crippen LogP contribution in [0.4, 0.5) is 0 Å². The zero-order chi connectivity index (χ0) is 14.7. The molecule has 0 aliphatic carbocycles. The van der Waals surface area contributed by atoms with Crippen LogP contribution in [0.3, 0.4) is 0 Å². The fraction of sp³-hybridized carbons (Fsp3) is 0.250. The van der Waals surface area contributed by atoms with Crippen molar-refractivity contribution in [2.75, 3.05) is 0 Å². The third-order valence-corrected chi connectivity index (χ3v) is 3.36. The minimum absolute atomic E-state index is 0.146. The molecule has 0 amide bonds. The maximum atomic E-state index is 5.95. The SMILES string of the molecule is Cc1cc(Oc2cc(Cl)cc(Cl)c2)ccc1CC(C)N. The molecular weight excluding hydrogens is 293 g/mol. The Bertz CT molecular complexity index is 591. The quantitative estimate of drug-likeness (QED) is 0.864. The molecular formula is C16H17Cl2NO. The summed E-state index contributed by atoms with van der Waals surface area (Å²) < 4.78 is 5.78. The van der Waals surface area contributed by atoms with E-state index in [0.29, 0.717) is 15.8 Å². The van der Waals surface area contributed by atoms with Gasteiger partial charge in [-0.2, -0.15) is 0 Å². The van der Waals surface area contributed by atoms with Crippen LogP contribution >= 0.6 is 23.2 Å². The third kappa shape index (κ3) is 4.14. The van der Waals surface area contributed by atoms with Gasteiger partial charge < -0.3 is 10.5 Å². The second-order valence-electron chi connectivity index (χ2n) is 4.98. The molecule has 0 saturated heterocycles. The highest BCUT2D eigenvalue weighted by atomic mass is 35.5. The third-order valence-electron chi connectivity index (χ3n) is 2.93. The average molecular weight is 310 g/mol. The summed E-state index contributed by atoms with van der Waals surface area (Å²) in [5, 5.41) is 1.11. The lowest BCUT2D eigenvalue weighted by atomic mass is 10.0. The molecule has 2 aromatic rings. The zero-order valence-corrected chi connectivity index (χ0v) is 13.0. The molecule has 0 heterocycles. The van der Waals surface area contributed by atoms with E-state index in [2.05, 4.69) is 6.92 Å². The number of hydrogen-bond acceptors (Lipinski definition) is 2. The predicted octanol–water partition coefficient (Wildman–Crippen LogP) is 4.98. The number of hydrogen-bond donors (Lipinski definition) is 1. The van der Waals surface area contributed by atoms with E-state index in [9.17, 15) is 0 Å². The molecule has 0 spiro atoms. The molecule has 0 aromatic heterocycles. The van der Waals surface area contributed by atoms with Gasteiger partial charge in [-0.25, -0.2) is 0 Å². The molecule has 106 valence electrons. The summed E-state index contributed by atoms with van der Waals surface area (Å²) in [5.41, 5.74) is 8.22. The monoisotopic (exact) mass is 309 g/mol. The Morgan fingerprint density at radius 2 is 1.70 bits per heavy atom. The molecule has 20 heavy (non-hydrogen) atoms. The van der Waals surface area contributed by atoms with Crippen LogP contribution in [-0.4, -0.2) is 6.04 Å². The lowest BCUT2D eigenvalue weighted by molar-refractivity contribution is 0.482. The Labute approximate surface area is 129 Å². The van der Waals surface area contributed by atoms with E-state index in [-0.39, 0.29) is 6.04 Å². The van der Waals surface area contributed by atoms with E-state index < -0.39 is 0 Å². The molecule has 0 bridgehead atoms. The predicted molar refractivity (Wildman–Crippen MR) is 85.1 cm³/mol. The Morgan fingerprint density at radius 3 is 2.25 bits per heavy atom. The number of aryl methyl sites for hydroxylation is 1. The summed E-state index contributed by atoms with van der Waals surface area (Å²) >= 11 is 11.9. The maximum absolute atomic E-state index is 5.95. The van der Waals surface area contributed by atoms with Crippen molar-refractivity contribution in [3.05, 3.63) is 57.6 Å². The highest BCUT2D eigenvalue weighted by Crippen LogP contribution is 2.29. The van der Waals surface area contributed by atoms with Crippen molar-refractivity contribution in [2.45, 2.75) is 26.3 Å². The van der Waals surface area contributed by atoms with Gasteiger partial charge in [-0.3, -0.25) is 0 Å². The molecule has 1 atom stereocenters. The first-order valence-corrected chi connectivity index (χ1v) is 7.18. The molecule has 0 fully saturated rings. The summed E-state index contributed by atoms with van der Waals surface area (Å²) in [7, 11) is 0. The summed E-state index contributed by atoms with van der Waals surface area (Å²) in [6.07, 6.45) is 0.856. The molecule has 0 radical (unpaired) electrons. The summed E-state index contributed by atoms with van der Waals surface area (Å²) in [6, 6.07) is 11.3. The Morgan fingerprint density at radius 1 is 1.05 bits per heavy atom. The van der Waals surface area contributed by atoms with Crippen LogP contribution in [-0.2, 0) is 6.42 Å². The Hall–Kier alpha value is -1.22. The highest BCUT2D eigenvalue weighted by molar-refractivity contribution is 6.34. The molecule has 2 nitrogen and oxygen atoms in total. The molecule has 2 aromatic carbocycles. The largest absolute Gasteiger partial charge is 0.457 e. The van der Waals surface area contributed by atoms with Gasteiger partial charge in [-0.15, -0.1) is 0 Å². The van der Waals surface area contributed by atoms with E-state index >= 15 is 0 Å². The lowest BCUT2D eigenvalue weighted by Gasteiger charge is -2.12. The van der Waals surface area contributed by atoms with Crippen LogP contribution in [0.2, 0.25) is 10.0 Å². The van der Waals surface area contributed by atoms with Crippen LogP contribution in [0.25, 0.3) is 0 Å². The maximum Gasteiger partial charge on any atom is 0.130 e. The normalized spacial score (nSPS) is 12.2. The standard InChI is InChI=1S/C16H17Cl2NO/c1-10-5-15(4-3-12(10)6-11(2)19)20-16-8-13(17)7-14(18)9-16/h3-5,7-9,11H,6,19H2,1-2H3. The van der Waals surface area contributed by atoms with E-state index in [0.717, 1.165) is 17.7 Å². The van der Waals surface area contributed by atoms with E-state index in [1.54, 1.807) is 18.2 Å². The van der Waals surface area contributed by atoms with Gasteiger partial charge in [0.25, 0.3) is 0 Å². The lowest BCUT2D eigenvalue weighted by Crippen LogP contribution is -2.18. The van der Waals surface area contributed by atoms with Gasteiger partial charge in [0.2, 0.25) is 0 Å². The second kappa shape index (κ2) is 6.49. The van der Waals surface area contributed by atoms with Crippen molar-refractivity contribution in [3.8, 4) is 11.5 Å². The van der Waals surface area contributed by atoms with E-state index in [4.69, 9.17) is 33.7 Å². The van der Waals surface area contributed by atoms with Gasteiger partial charge in [0.15, 0.2) is 0 Å². The molecule has 2 rings (SSSR count). The number of rotatable bonds is 4. The first kappa shape index (κ1) is 15.2. The molecule has 1 unspecified atom stereocenters. The Kier molecular flexibility index (Phi) is 4.92. The van der Waals surface area contributed by atoms with E-state index in [1.165, 1.54) is 5.56 Å². The van der Waals surface area contributed by atoms with Gasteiger partial charge in [0, 0.05) is 16.1 Å². The van der Waals surface area contributed by atoms with Gasteiger partial charge >= 0.3 is 0 Å².